The van der Waals surface area contributed by atoms with Crippen molar-refractivity contribution in [2.24, 2.45) is 0 Å². The van der Waals surface area contributed by atoms with E-state index in [-0.39, 0.29) is 24.0 Å². The average molecular weight is 641 g/mol. The molecule has 2 saturated heterocycles. The number of nitrogens with zero attached hydrogens (tertiary/aromatic N) is 2. The molecule has 2 aliphatic heterocycles. The van der Waals surface area contributed by atoms with Crippen LogP contribution in [0.4, 0.5) is 11.4 Å². The molecule has 242 valence electrons. The zero-order valence-corrected chi connectivity index (χ0v) is 26.9. The SMILES string of the molecule is CN(C(=O)c1ccc(-c2ccc(OCC3CO3)cc2)cc1)c1ccc(N(C)C(=O)c2ccc(-c3ccc(OCC4CO4)cc3)cc2)cc1. The maximum atomic E-state index is 13.3. The largest absolute Gasteiger partial charge is 0.491 e. The van der Waals surface area contributed by atoms with Crippen LogP contribution >= 0.6 is 0 Å². The van der Waals surface area contributed by atoms with E-state index < -0.39 is 0 Å². The third-order valence-electron chi connectivity index (χ3n) is 8.55. The minimum Gasteiger partial charge on any atom is -0.491 e. The van der Waals surface area contributed by atoms with E-state index in [9.17, 15) is 9.59 Å². The summed E-state index contributed by atoms with van der Waals surface area (Å²) in [5.74, 6) is 1.37. The molecule has 0 aromatic heterocycles. The Morgan fingerprint density at radius 2 is 0.812 bits per heavy atom. The van der Waals surface area contributed by atoms with Crippen molar-refractivity contribution in [2.45, 2.75) is 12.2 Å². The molecule has 2 aliphatic rings. The van der Waals surface area contributed by atoms with E-state index in [2.05, 4.69) is 0 Å². The molecule has 8 heteroatoms. The highest BCUT2D eigenvalue weighted by Gasteiger charge is 2.24. The van der Waals surface area contributed by atoms with Gasteiger partial charge >= 0.3 is 0 Å². The highest BCUT2D eigenvalue weighted by molar-refractivity contribution is 6.07. The summed E-state index contributed by atoms with van der Waals surface area (Å²) in [6.45, 7) is 2.68. The van der Waals surface area contributed by atoms with Gasteiger partial charge in [0.25, 0.3) is 11.8 Å². The Bertz CT molecular complexity index is 1720. The lowest BCUT2D eigenvalue weighted by atomic mass is 10.0. The summed E-state index contributed by atoms with van der Waals surface area (Å²) in [6.07, 6.45) is 0.436. The molecule has 0 spiro atoms. The molecule has 0 aliphatic carbocycles. The predicted molar refractivity (Wildman–Crippen MR) is 186 cm³/mol. The number of anilines is 2. The minimum absolute atomic E-state index is 0.125. The van der Waals surface area contributed by atoms with Crippen LogP contribution in [-0.2, 0) is 9.47 Å². The van der Waals surface area contributed by atoms with Crippen LogP contribution in [-0.4, -0.2) is 64.5 Å². The summed E-state index contributed by atoms with van der Waals surface area (Å²) < 4.78 is 21.8. The van der Waals surface area contributed by atoms with E-state index >= 15 is 0 Å². The standard InChI is InChI=1S/C40H36N2O6/c1-41(39(43)31-7-3-27(4-8-31)29-11-19-35(20-12-29)45-23-37-25-47-37)33-15-17-34(18-16-33)42(2)40(44)32-9-5-28(6-10-32)30-13-21-36(22-14-30)46-24-38-26-48-38/h3-22,37-38H,23-26H2,1-2H3. The highest BCUT2D eigenvalue weighted by atomic mass is 16.6. The molecule has 7 rings (SSSR count). The van der Waals surface area contributed by atoms with Gasteiger partial charge in [0, 0.05) is 36.6 Å². The second kappa shape index (κ2) is 13.7. The van der Waals surface area contributed by atoms with Crippen LogP contribution in [0.25, 0.3) is 22.3 Å². The maximum absolute atomic E-state index is 13.3. The van der Waals surface area contributed by atoms with Gasteiger partial charge in [0.15, 0.2) is 0 Å². The first-order valence-electron chi connectivity index (χ1n) is 16.0. The van der Waals surface area contributed by atoms with Crippen LogP contribution in [0, 0.1) is 0 Å². The zero-order valence-electron chi connectivity index (χ0n) is 26.9. The fraction of sp³-hybridized carbons (Fsp3) is 0.200. The smallest absolute Gasteiger partial charge is 0.258 e. The van der Waals surface area contributed by atoms with Gasteiger partial charge < -0.3 is 28.7 Å². The van der Waals surface area contributed by atoms with E-state index in [0.717, 1.165) is 58.3 Å². The molecule has 2 heterocycles. The van der Waals surface area contributed by atoms with Gasteiger partial charge in [0.1, 0.15) is 36.9 Å². The Morgan fingerprint density at radius 1 is 0.521 bits per heavy atom. The van der Waals surface area contributed by atoms with Crippen LogP contribution in [0.2, 0.25) is 0 Å². The Morgan fingerprint density at radius 3 is 1.10 bits per heavy atom. The van der Waals surface area contributed by atoms with Crippen LogP contribution < -0.4 is 19.3 Å². The number of benzene rings is 5. The molecule has 2 amide bonds. The minimum atomic E-state index is -0.125. The van der Waals surface area contributed by atoms with Crippen molar-refractivity contribution >= 4 is 23.2 Å². The first kappa shape index (κ1) is 31.2. The molecule has 2 unspecified atom stereocenters. The Hall–Kier alpha value is -5.44. The molecule has 8 nitrogen and oxygen atoms in total. The van der Waals surface area contributed by atoms with Gasteiger partial charge in [-0.25, -0.2) is 0 Å². The summed E-state index contributed by atoms with van der Waals surface area (Å²) in [5, 5.41) is 0. The average Bonchev–Trinajstić information content (AvgIpc) is 4.09. The van der Waals surface area contributed by atoms with Gasteiger partial charge in [0.05, 0.1) is 13.2 Å². The second-order valence-electron chi connectivity index (χ2n) is 12.0. The Kier molecular flexibility index (Phi) is 8.92. The molecule has 48 heavy (non-hydrogen) atoms. The molecular formula is C40H36N2O6. The monoisotopic (exact) mass is 640 g/mol. The number of amides is 2. The number of ether oxygens (including phenoxy) is 4. The van der Waals surface area contributed by atoms with Crippen molar-refractivity contribution in [2.75, 3.05) is 50.3 Å². The van der Waals surface area contributed by atoms with E-state index in [0.29, 0.717) is 24.3 Å². The molecule has 0 radical (unpaired) electrons. The molecule has 0 saturated carbocycles. The molecule has 2 atom stereocenters. The van der Waals surface area contributed by atoms with Crippen molar-refractivity contribution in [1.29, 1.82) is 0 Å². The third kappa shape index (κ3) is 7.41. The van der Waals surface area contributed by atoms with Crippen LogP contribution in [0.5, 0.6) is 11.5 Å². The number of hydrogen-bond acceptors (Lipinski definition) is 6. The molecule has 5 aromatic rings. The number of rotatable bonds is 12. The summed E-state index contributed by atoms with van der Waals surface area (Å²) in [6, 6.07) is 38.3. The van der Waals surface area contributed by atoms with E-state index in [4.69, 9.17) is 18.9 Å². The van der Waals surface area contributed by atoms with Crippen molar-refractivity contribution in [3.63, 3.8) is 0 Å². The number of epoxide rings is 2. The normalized spacial score (nSPS) is 16.1. The van der Waals surface area contributed by atoms with E-state index in [1.165, 1.54) is 0 Å². The van der Waals surface area contributed by atoms with Crippen molar-refractivity contribution in [1.82, 2.24) is 0 Å². The number of carbonyl (C=O) groups is 2. The first-order chi connectivity index (χ1) is 23.4. The van der Waals surface area contributed by atoms with Crippen LogP contribution in [0.15, 0.2) is 121 Å². The lowest BCUT2D eigenvalue weighted by Gasteiger charge is -2.21. The predicted octanol–water partition coefficient (Wildman–Crippen LogP) is 7.13. The quantitative estimate of drug-likeness (QED) is 0.135. The lowest BCUT2D eigenvalue weighted by Crippen LogP contribution is -2.27. The van der Waals surface area contributed by atoms with Gasteiger partial charge in [-0.05, 0) is 95.1 Å². The van der Waals surface area contributed by atoms with Crippen molar-refractivity contribution in [3.8, 4) is 33.8 Å². The third-order valence-corrected chi connectivity index (χ3v) is 8.55. The van der Waals surface area contributed by atoms with E-state index in [1.807, 2.05) is 121 Å². The molecule has 2 fully saturated rings. The zero-order chi connectivity index (χ0) is 33.0. The van der Waals surface area contributed by atoms with Gasteiger partial charge in [0.2, 0.25) is 0 Å². The van der Waals surface area contributed by atoms with E-state index in [1.54, 1.807) is 23.9 Å². The van der Waals surface area contributed by atoms with Crippen LogP contribution in [0.3, 0.4) is 0 Å². The maximum Gasteiger partial charge on any atom is 0.258 e. The summed E-state index contributed by atoms with van der Waals surface area (Å²) >= 11 is 0. The summed E-state index contributed by atoms with van der Waals surface area (Å²) in [7, 11) is 3.49. The van der Waals surface area contributed by atoms with Gasteiger partial charge in [-0.3, -0.25) is 9.59 Å². The molecule has 5 aromatic carbocycles. The molecule has 0 N–H and O–H groups in total. The Balaban J connectivity index is 0.941. The summed E-state index contributed by atoms with van der Waals surface area (Å²) in [5.41, 5.74) is 6.72. The Labute approximate surface area is 280 Å². The first-order valence-corrected chi connectivity index (χ1v) is 16.0. The molecular weight excluding hydrogens is 604 g/mol. The summed E-state index contributed by atoms with van der Waals surface area (Å²) in [4.78, 5) is 29.8. The molecule has 0 bridgehead atoms. The topological polar surface area (TPSA) is 84.1 Å². The lowest BCUT2D eigenvalue weighted by molar-refractivity contribution is 0.0984. The van der Waals surface area contributed by atoms with Crippen molar-refractivity contribution in [3.05, 3.63) is 132 Å². The second-order valence-corrected chi connectivity index (χ2v) is 12.0. The van der Waals surface area contributed by atoms with Crippen LogP contribution in [0.1, 0.15) is 20.7 Å². The van der Waals surface area contributed by atoms with Crippen molar-refractivity contribution < 1.29 is 28.5 Å². The highest BCUT2D eigenvalue weighted by Crippen LogP contribution is 2.27. The van der Waals surface area contributed by atoms with Gasteiger partial charge in [-0.2, -0.15) is 0 Å². The van der Waals surface area contributed by atoms with Gasteiger partial charge in [-0.1, -0.05) is 48.5 Å². The fourth-order valence-corrected chi connectivity index (χ4v) is 5.33. The van der Waals surface area contributed by atoms with Gasteiger partial charge in [-0.15, -0.1) is 0 Å². The number of hydrogen-bond donors (Lipinski definition) is 0. The number of carbonyl (C=O) groups excluding carboxylic acids is 2. The fourth-order valence-electron chi connectivity index (χ4n) is 5.33.